The number of benzene rings is 1. The van der Waals surface area contributed by atoms with Gasteiger partial charge in [0.2, 0.25) is 5.76 Å². The molecule has 28 heavy (non-hydrogen) atoms. The number of carbonyl (C=O) groups excluding carboxylic acids is 1. The third-order valence-corrected chi connectivity index (χ3v) is 6.18. The molecule has 3 aromatic rings. The van der Waals surface area contributed by atoms with Crippen molar-refractivity contribution in [3.63, 3.8) is 0 Å². The van der Waals surface area contributed by atoms with E-state index in [0.29, 0.717) is 17.4 Å². The molecule has 0 atom stereocenters. The van der Waals surface area contributed by atoms with Gasteiger partial charge in [-0.3, -0.25) is 14.6 Å². The predicted octanol–water partition coefficient (Wildman–Crippen LogP) is 3.19. The van der Waals surface area contributed by atoms with E-state index in [9.17, 15) is 4.79 Å². The fourth-order valence-corrected chi connectivity index (χ4v) is 4.33. The van der Waals surface area contributed by atoms with Gasteiger partial charge < -0.3 is 9.26 Å². The molecule has 0 unspecified atom stereocenters. The zero-order valence-corrected chi connectivity index (χ0v) is 17.2. The quantitative estimate of drug-likeness (QED) is 0.655. The molecule has 7 nitrogen and oxygen atoms in total. The van der Waals surface area contributed by atoms with Crippen LogP contribution in [-0.4, -0.2) is 60.3 Å². The number of anilines is 1. The largest absolute Gasteiger partial charge is 0.379 e. The number of rotatable bonds is 5. The molecule has 1 saturated heterocycles. The predicted molar refractivity (Wildman–Crippen MR) is 109 cm³/mol. The molecule has 1 aliphatic rings. The third kappa shape index (κ3) is 3.80. The molecular weight excluding hydrogens is 376 g/mol. The van der Waals surface area contributed by atoms with E-state index in [4.69, 9.17) is 14.2 Å². The van der Waals surface area contributed by atoms with Crippen LogP contribution >= 0.6 is 11.3 Å². The summed E-state index contributed by atoms with van der Waals surface area (Å²) < 4.78 is 11.7. The first-order valence-corrected chi connectivity index (χ1v) is 10.3. The molecule has 1 fully saturated rings. The average molecular weight is 401 g/mol. The fourth-order valence-electron chi connectivity index (χ4n) is 3.28. The molecule has 0 radical (unpaired) electrons. The summed E-state index contributed by atoms with van der Waals surface area (Å²) in [6.45, 7) is 10.5. The number of nitrogens with zero attached hydrogens (tertiary/aromatic N) is 4. The normalized spacial score (nSPS) is 15.2. The highest BCUT2D eigenvalue weighted by Crippen LogP contribution is 2.32. The van der Waals surface area contributed by atoms with Crippen LogP contribution in [0.4, 0.5) is 5.13 Å². The fraction of sp³-hybridized carbons (Fsp3) is 0.450. The minimum atomic E-state index is -0.206. The second kappa shape index (κ2) is 7.98. The Morgan fingerprint density at radius 3 is 2.75 bits per heavy atom. The summed E-state index contributed by atoms with van der Waals surface area (Å²) in [6, 6.07) is 5.84. The van der Waals surface area contributed by atoms with Gasteiger partial charge in [-0.05, 0) is 38.0 Å². The zero-order chi connectivity index (χ0) is 19.7. The lowest BCUT2D eigenvalue weighted by molar-refractivity contribution is 0.0390. The molecule has 3 heterocycles. The SMILES string of the molecule is Cc1cc(C(=O)N(CCN2CCOCC2)c2nc3c(C)c(C)ccc3s2)on1. The van der Waals surface area contributed by atoms with Gasteiger partial charge in [0.1, 0.15) is 0 Å². The maximum atomic E-state index is 13.2. The molecule has 1 aromatic carbocycles. The number of fused-ring (bicyclic) bond motifs is 1. The zero-order valence-electron chi connectivity index (χ0n) is 16.4. The number of ether oxygens (including phenoxy) is 1. The minimum absolute atomic E-state index is 0.206. The topological polar surface area (TPSA) is 71.7 Å². The molecule has 1 amide bonds. The number of amides is 1. The second-order valence-electron chi connectivity index (χ2n) is 7.09. The first-order chi connectivity index (χ1) is 13.5. The van der Waals surface area contributed by atoms with Crippen molar-refractivity contribution in [1.29, 1.82) is 0 Å². The van der Waals surface area contributed by atoms with E-state index in [1.54, 1.807) is 11.0 Å². The average Bonchev–Trinajstić information content (AvgIpc) is 3.32. The minimum Gasteiger partial charge on any atom is -0.379 e. The van der Waals surface area contributed by atoms with Crippen molar-refractivity contribution in [2.24, 2.45) is 0 Å². The number of carbonyl (C=O) groups is 1. The summed E-state index contributed by atoms with van der Waals surface area (Å²) in [5, 5.41) is 4.56. The third-order valence-electron chi connectivity index (χ3n) is 5.13. The maximum Gasteiger partial charge on any atom is 0.298 e. The van der Waals surface area contributed by atoms with E-state index >= 15 is 0 Å². The van der Waals surface area contributed by atoms with Crippen molar-refractivity contribution in [1.82, 2.24) is 15.0 Å². The van der Waals surface area contributed by atoms with Gasteiger partial charge in [0.05, 0.1) is 29.1 Å². The standard InChI is InChI=1S/C20H24N4O3S/c1-13-4-5-17-18(15(13)3)21-20(28-17)24(7-6-23-8-10-26-11-9-23)19(25)16-12-14(2)22-27-16/h4-5,12H,6-11H2,1-3H3. The van der Waals surface area contributed by atoms with Crippen molar-refractivity contribution in [3.05, 3.63) is 40.8 Å². The molecule has 148 valence electrons. The first kappa shape index (κ1) is 19.0. The van der Waals surface area contributed by atoms with Crippen LogP contribution in [0.15, 0.2) is 22.7 Å². The lowest BCUT2D eigenvalue weighted by atomic mass is 10.1. The van der Waals surface area contributed by atoms with Crippen molar-refractivity contribution >= 4 is 32.6 Å². The van der Waals surface area contributed by atoms with E-state index < -0.39 is 0 Å². The number of hydrogen-bond donors (Lipinski definition) is 0. The van der Waals surface area contributed by atoms with Crippen LogP contribution in [0, 0.1) is 20.8 Å². The van der Waals surface area contributed by atoms with Crippen molar-refractivity contribution in [3.8, 4) is 0 Å². The molecular formula is C20H24N4O3S. The second-order valence-corrected chi connectivity index (χ2v) is 8.10. The Balaban J connectivity index is 1.65. The van der Waals surface area contributed by atoms with Crippen LogP contribution in [0.3, 0.4) is 0 Å². The van der Waals surface area contributed by atoms with Gasteiger partial charge in [-0.2, -0.15) is 0 Å². The van der Waals surface area contributed by atoms with E-state index in [2.05, 4.69) is 36.0 Å². The van der Waals surface area contributed by atoms with Crippen LogP contribution in [0.25, 0.3) is 10.2 Å². The summed E-state index contributed by atoms with van der Waals surface area (Å²) in [5.74, 6) is 0.0360. The Morgan fingerprint density at radius 1 is 1.25 bits per heavy atom. The Bertz CT molecular complexity index is 991. The monoisotopic (exact) mass is 400 g/mol. The van der Waals surface area contributed by atoms with Crippen molar-refractivity contribution < 1.29 is 14.1 Å². The number of thiazole rings is 1. The summed E-state index contributed by atoms with van der Waals surface area (Å²) in [7, 11) is 0. The Hall–Kier alpha value is -2.29. The summed E-state index contributed by atoms with van der Waals surface area (Å²) in [5.41, 5.74) is 3.99. The number of morpholine rings is 1. The first-order valence-electron chi connectivity index (χ1n) is 9.45. The number of hydrogen-bond acceptors (Lipinski definition) is 7. The highest BCUT2D eigenvalue weighted by Gasteiger charge is 2.26. The maximum absolute atomic E-state index is 13.2. The van der Waals surface area contributed by atoms with E-state index in [1.807, 2.05) is 6.92 Å². The lowest BCUT2D eigenvalue weighted by Gasteiger charge is -2.28. The molecule has 1 aliphatic heterocycles. The lowest BCUT2D eigenvalue weighted by Crippen LogP contribution is -2.43. The van der Waals surface area contributed by atoms with Crippen LogP contribution in [-0.2, 0) is 4.74 Å². The summed E-state index contributed by atoms with van der Waals surface area (Å²) >= 11 is 1.53. The number of aryl methyl sites for hydroxylation is 3. The van der Waals surface area contributed by atoms with Gasteiger partial charge in [0, 0.05) is 32.2 Å². The van der Waals surface area contributed by atoms with Crippen LogP contribution in [0.2, 0.25) is 0 Å². The molecule has 4 rings (SSSR count). The van der Waals surface area contributed by atoms with Crippen LogP contribution in [0.1, 0.15) is 27.4 Å². The van der Waals surface area contributed by atoms with Gasteiger partial charge in [-0.15, -0.1) is 0 Å². The van der Waals surface area contributed by atoms with Crippen molar-refractivity contribution in [2.45, 2.75) is 20.8 Å². The summed E-state index contributed by atoms with van der Waals surface area (Å²) in [4.78, 5) is 22.0. The van der Waals surface area contributed by atoms with Crippen LogP contribution in [0.5, 0.6) is 0 Å². The molecule has 8 heteroatoms. The Kier molecular flexibility index (Phi) is 5.43. The smallest absolute Gasteiger partial charge is 0.298 e. The van der Waals surface area contributed by atoms with Gasteiger partial charge >= 0.3 is 0 Å². The highest BCUT2D eigenvalue weighted by atomic mass is 32.1. The number of aromatic nitrogens is 2. The molecule has 0 saturated carbocycles. The molecule has 0 spiro atoms. The summed E-state index contributed by atoms with van der Waals surface area (Å²) in [6.07, 6.45) is 0. The molecule has 2 aromatic heterocycles. The van der Waals surface area contributed by atoms with Gasteiger partial charge in [0.25, 0.3) is 5.91 Å². The van der Waals surface area contributed by atoms with Crippen molar-refractivity contribution in [2.75, 3.05) is 44.3 Å². The Labute approximate surface area is 167 Å². The van der Waals surface area contributed by atoms with Crippen LogP contribution < -0.4 is 4.90 Å². The molecule has 0 aliphatic carbocycles. The van der Waals surface area contributed by atoms with E-state index in [0.717, 1.165) is 48.6 Å². The molecule has 0 bridgehead atoms. The molecule has 0 N–H and O–H groups in total. The van der Waals surface area contributed by atoms with Gasteiger partial charge in [-0.25, -0.2) is 4.98 Å². The van der Waals surface area contributed by atoms with Gasteiger partial charge in [0.15, 0.2) is 5.13 Å². The van der Waals surface area contributed by atoms with Gasteiger partial charge in [-0.1, -0.05) is 22.6 Å². The highest BCUT2D eigenvalue weighted by molar-refractivity contribution is 7.22. The Morgan fingerprint density at radius 2 is 2.04 bits per heavy atom. The van der Waals surface area contributed by atoms with E-state index in [-0.39, 0.29) is 11.7 Å². The van der Waals surface area contributed by atoms with E-state index in [1.165, 1.54) is 16.9 Å².